The minimum absolute atomic E-state index is 0.0392. The van der Waals surface area contributed by atoms with Crippen LogP contribution in [0, 0.1) is 5.92 Å². The summed E-state index contributed by atoms with van der Waals surface area (Å²) in [5.74, 6) is 0.641. The van der Waals surface area contributed by atoms with Crippen molar-refractivity contribution in [3.8, 4) is 10.6 Å². The molecule has 1 aromatic carbocycles. The van der Waals surface area contributed by atoms with Crippen molar-refractivity contribution in [3.05, 3.63) is 40.4 Å². The predicted octanol–water partition coefficient (Wildman–Crippen LogP) is 3.60. The number of amides is 1. The van der Waals surface area contributed by atoms with E-state index in [9.17, 15) is 4.79 Å². The zero-order valence-electron chi connectivity index (χ0n) is 10.2. The molecule has 0 radical (unpaired) electrons. The van der Waals surface area contributed by atoms with Crippen LogP contribution in [0.25, 0.3) is 10.6 Å². The van der Waals surface area contributed by atoms with E-state index in [1.165, 1.54) is 24.2 Å². The zero-order chi connectivity index (χ0) is 13.2. The summed E-state index contributed by atoms with van der Waals surface area (Å²) in [6.45, 7) is 0.776. The highest BCUT2D eigenvalue weighted by Gasteiger charge is 2.22. The summed E-state index contributed by atoms with van der Waals surface area (Å²) in [5.41, 5.74) is 0.871. The lowest BCUT2D eigenvalue weighted by Gasteiger charge is -2.00. The van der Waals surface area contributed by atoms with E-state index < -0.39 is 0 Å². The smallest absolute Gasteiger partial charge is 0.263 e. The van der Waals surface area contributed by atoms with Crippen molar-refractivity contribution in [1.29, 1.82) is 0 Å². The first kappa shape index (κ1) is 12.6. The topological polar surface area (TPSA) is 42.0 Å². The fourth-order valence-electron chi connectivity index (χ4n) is 1.78. The third kappa shape index (κ3) is 2.96. The van der Waals surface area contributed by atoms with Gasteiger partial charge in [-0.05, 0) is 24.8 Å². The molecule has 1 N–H and O–H groups in total. The number of nitrogens with zero attached hydrogens (tertiary/aromatic N) is 1. The molecule has 1 amide bonds. The van der Waals surface area contributed by atoms with Crippen LogP contribution in [0.5, 0.6) is 0 Å². The Labute approximate surface area is 120 Å². The van der Waals surface area contributed by atoms with Crippen molar-refractivity contribution < 1.29 is 4.79 Å². The summed E-state index contributed by atoms with van der Waals surface area (Å²) >= 11 is 7.50. The third-order valence-corrected chi connectivity index (χ3v) is 4.44. The first-order valence-corrected chi connectivity index (χ1v) is 7.42. The van der Waals surface area contributed by atoms with Gasteiger partial charge in [-0.25, -0.2) is 4.98 Å². The van der Waals surface area contributed by atoms with Gasteiger partial charge in [0.25, 0.3) is 5.91 Å². The summed E-state index contributed by atoms with van der Waals surface area (Å²) < 4.78 is 0. The van der Waals surface area contributed by atoms with Gasteiger partial charge in [0.2, 0.25) is 0 Å². The number of carbonyl (C=O) groups is 1. The van der Waals surface area contributed by atoms with Gasteiger partial charge in [-0.3, -0.25) is 4.79 Å². The number of halogens is 1. The highest BCUT2D eigenvalue weighted by Crippen LogP contribution is 2.31. The van der Waals surface area contributed by atoms with E-state index in [0.717, 1.165) is 17.1 Å². The second-order valence-corrected chi connectivity index (χ2v) is 6.10. The number of nitrogens with one attached hydrogen (secondary N) is 1. The van der Waals surface area contributed by atoms with Crippen LogP contribution in [0.1, 0.15) is 22.5 Å². The molecule has 1 heterocycles. The molecule has 5 heteroatoms. The van der Waals surface area contributed by atoms with Gasteiger partial charge in [0.1, 0.15) is 9.88 Å². The molecule has 1 saturated carbocycles. The SMILES string of the molecule is O=C(NCC1CC1)c1cnc(-c2ccccc2Cl)s1. The summed E-state index contributed by atoms with van der Waals surface area (Å²) in [7, 11) is 0. The molecule has 0 bridgehead atoms. The van der Waals surface area contributed by atoms with Crippen LogP contribution >= 0.6 is 22.9 Å². The molecule has 3 nitrogen and oxygen atoms in total. The number of benzene rings is 1. The van der Waals surface area contributed by atoms with Crippen LogP contribution in [-0.4, -0.2) is 17.4 Å². The van der Waals surface area contributed by atoms with Gasteiger partial charge < -0.3 is 5.32 Å². The minimum atomic E-state index is -0.0392. The number of aromatic nitrogens is 1. The number of thiazole rings is 1. The van der Waals surface area contributed by atoms with Gasteiger partial charge in [-0.2, -0.15) is 0 Å². The third-order valence-electron chi connectivity index (χ3n) is 3.08. The van der Waals surface area contributed by atoms with Crippen LogP contribution in [0.15, 0.2) is 30.5 Å². The average Bonchev–Trinajstić information content (AvgIpc) is 3.12. The van der Waals surface area contributed by atoms with Crippen molar-refractivity contribution in [1.82, 2.24) is 10.3 Å². The van der Waals surface area contributed by atoms with Gasteiger partial charge in [-0.15, -0.1) is 11.3 Å². The molecule has 0 unspecified atom stereocenters. The number of hydrogen-bond donors (Lipinski definition) is 1. The van der Waals surface area contributed by atoms with Crippen LogP contribution in [0.4, 0.5) is 0 Å². The first-order chi connectivity index (χ1) is 9.24. The largest absolute Gasteiger partial charge is 0.351 e. The van der Waals surface area contributed by atoms with Crippen molar-refractivity contribution in [2.45, 2.75) is 12.8 Å². The fraction of sp³-hybridized carbons (Fsp3) is 0.286. The molecule has 0 aliphatic heterocycles. The van der Waals surface area contributed by atoms with E-state index >= 15 is 0 Å². The summed E-state index contributed by atoms with van der Waals surface area (Å²) in [6, 6.07) is 7.52. The van der Waals surface area contributed by atoms with Crippen molar-refractivity contribution >= 4 is 28.8 Å². The second-order valence-electron chi connectivity index (χ2n) is 4.66. The van der Waals surface area contributed by atoms with Gasteiger partial charge in [0.05, 0.1) is 11.2 Å². The second kappa shape index (κ2) is 5.31. The normalized spacial score (nSPS) is 14.4. The van der Waals surface area contributed by atoms with Crippen LogP contribution in [-0.2, 0) is 0 Å². The standard InChI is InChI=1S/C14H13ClN2OS/c15-11-4-2-1-3-10(11)14-17-8-12(19-14)13(18)16-7-9-5-6-9/h1-4,8-9H,5-7H2,(H,16,18). The van der Waals surface area contributed by atoms with Gasteiger partial charge in [-0.1, -0.05) is 29.8 Å². The lowest BCUT2D eigenvalue weighted by atomic mass is 10.2. The quantitative estimate of drug-likeness (QED) is 0.935. The Bertz CT molecular complexity index is 607. The molecule has 0 spiro atoms. The number of hydrogen-bond acceptors (Lipinski definition) is 3. The summed E-state index contributed by atoms with van der Waals surface area (Å²) in [6.07, 6.45) is 4.08. The fourth-order valence-corrected chi connectivity index (χ4v) is 2.94. The molecular weight excluding hydrogens is 280 g/mol. The van der Waals surface area contributed by atoms with Crippen molar-refractivity contribution in [2.75, 3.05) is 6.54 Å². The Morgan fingerprint density at radius 1 is 1.42 bits per heavy atom. The van der Waals surface area contributed by atoms with Crippen molar-refractivity contribution in [2.24, 2.45) is 5.92 Å². The van der Waals surface area contributed by atoms with E-state index in [2.05, 4.69) is 10.3 Å². The maximum atomic E-state index is 11.9. The van der Waals surface area contributed by atoms with E-state index in [4.69, 9.17) is 11.6 Å². The summed E-state index contributed by atoms with van der Waals surface area (Å²) in [4.78, 5) is 16.9. The zero-order valence-corrected chi connectivity index (χ0v) is 11.8. The molecule has 0 atom stereocenters. The number of carbonyl (C=O) groups excluding carboxylic acids is 1. The monoisotopic (exact) mass is 292 g/mol. The lowest BCUT2D eigenvalue weighted by Crippen LogP contribution is -2.24. The van der Waals surface area contributed by atoms with E-state index in [1.54, 1.807) is 6.20 Å². The molecule has 98 valence electrons. The molecule has 19 heavy (non-hydrogen) atoms. The lowest BCUT2D eigenvalue weighted by molar-refractivity contribution is 0.0955. The highest BCUT2D eigenvalue weighted by atomic mass is 35.5. The van der Waals surface area contributed by atoms with Crippen molar-refractivity contribution in [3.63, 3.8) is 0 Å². The molecule has 1 aromatic heterocycles. The Morgan fingerprint density at radius 2 is 2.21 bits per heavy atom. The Balaban J connectivity index is 1.75. The van der Waals surface area contributed by atoms with Gasteiger partial charge in [0.15, 0.2) is 0 Å². The molecule has 3 rings (SSSR count). The molecular formula is C14H13ClN2OS. The molecule has 1 aliphatic rings. The van der Waals surface area contributed by atoms with Crippen LogP contribution < -0.4 is 5.32 Å². The predicted molar refractivity (Wildman–Crippen MR) is 77.6 cm³/mol. The average molecular weight is 293 g/mol. The van der Waals surface area contributed by atoms with E-state index in [0.29, 0.717) is 15.8 Å². The maximum Gasteiger partial charge on any atom is 0.263 e. The molecule has 1 aliphatic carbocycles. The number of rotatable bonds is 4. The Kier molecular flexibility index (Phi) is 3.53. The van der Waals surface area contributed by atoms with Gasteiger partial charge >= 0.3 is 0 Å². The maximum absolute atomic E-state index is 11.9. The van der Waals surface area contributed by atoms with Crippen LogP contribution in [0.3, 0.4) is 0 Å². The summed E-state index contributed by atoms with van der Waals surface area (Å²) in [5, 5.41) is 4.37. The Hall–Kier alpha value is -1.39. The highest BCUT2D eigenvalue weighted by molar-refractivity contribution is 7.17. The molecule has 0 saturated heterocycles. The van der Waals surface area contributed by atoms with E-state index in [-0.39, 0.29) is 5.91 Å². The minimum Gasteiger partial charge on any atom is -0.351 e. The van der Waals surface area contributed by atoms with Crippen LogP contribution in [0.2, 0.25) is 5.02 Å². The first-order valence-electron chi connectivity index (χ1n) is 6.23. The van der Waals surface area contributed by atoms with Gasteiger partial charge in [0, 0.05) is 12.1 Å². The molecule has 1 fully saturated rings. The Morgan fingerprint density at radius 3 is 2.95 bits per heavy atom. The molecule has 2 aromatic rings. The van der Waals surface area contributed by atoms with E-state index in [1.807, 2.05) is 24.3 Å².